The Labute approximate surface area is 161 Å². The largest absolute Gasteiger partial charge is 0.478 e. The monoisotopic (exact) mass is 386 g/mol. The third kappa shape index (κ3) is 4.62. The summed E-state index contributed by atoms with van der Waals surface area (Å²) in [6, 6.07) is 7.85. The van der Waals surface area contributed by atoms with Crippen molar-refractivity contribution in [3.63, 3.8) is 0 Å². The second-order valence-electron chi connectivity index (χ2n) is 6.50. The van der Waals surface area contributed by atoms with E-state index in [1.807, 2.05) is 31.2 Å². The third-order valence-corrected chi connectivity index (χ3v) is 5.14. The zero-order valence-corrected chi connectivity index (χ0v) is 16.4. The van der Waals surface area contributed by atoms with Crippen molar-refractivity contribution in [2.24, 2.45) is 5.73 Å². The van der Waals surface area contributed by atoms with E-state index in [1.165, 1.54) is 23.8 Å². The van der Waals surface area contributed by atoms with Gasteiger partial charge in [0.1, 0.15) is 5.00 Å². The summed E-state index contributed by atoms with van der Waals surface area (Å²) >= 11 is 1.23. The number of nitrogens with one attached hydrogen (secondary N) is 1. The van der Waals surface area contributed by atoms with Crippen molar-refractivity contribution in [2.45, 2.75) is 33.6 Å². The third-order valence-electron chi connectivity index (χ3n) is 4.12. The molecule has 2 aromatic rings. The van der Waals surface area contributed by atoms with E-state index in [4.69, 9.17) is 10.8 Å². The molecule has 0 bridgehead atoms. The summed E-state index contributed by atoms with van der Waals surface area (Å²) in [5.41, 5.74) is 8.38. The Morgan fingerprint density at radius 2 is 1.78 bits per heavy atom. The van der Waals surface area contributed by atoms with Crippen LogP contribution in [0.1, 0.15) is 47.5 Å². The predicted molar refractivity (Wildman–Crippen MR) is 107 cm³/mol. The summed E-state index contributed by atoms with van der Waals surface area (Å²) in [6.07, 6.45) is 0.971. The second-order valence-corrected chi connectivity index (χ2v) is 7.72. The smallest absolute Gasteiger partial charge is 0.331 e. The van der Waals surface area contributed by atoms with E-state index >= 15 is 0 Å². The van der Waals surface area contributed by atoms with E-state index in [-0.39, 0.29) is 11.1 Å². The number of hydrogen-bond acceptors (Lipinski definition) is 4. The molecule has 0 saturated carbocycles. The van der Waals surface area contributed by atoms with E-state index in [0.29, 0.717) is 16.5 Å². The molecule has 0 aliphatic carbocycles. The predicted octanol–water partition coefficient (Wildman–Crippen LogP) is 3.92. The molecule has 2 rings (SSSR count). The number of carbonyl (C=O) groups excluding carboxylic acids is 2. The standard InChI is InChI=1S/C20H22N2O4S/c1-10(2)13-5-7-14(8-6-13)16-12(4)27-19(17(16)18(21)24)22-15(23)9-11(3)20(25)26/h5-10H,1-4H3,(H2,21,24)(H,22,23)(H,25,26)/b11-9+. The number of carbonyl (C=O) groups is 3. The lowest BCUT2D eigenvalue weighted by Gasteiger charge is -2.09. The minimum atomic E-state index is -1.19. The Hall–Kier alpha value is -2.93. The zero-order valence-electron chi connectivity index (χ0n) is 15.6. The first-order valence-electron chi connectivity index (χ1n) is 8.37. The van der Waals surface area contributed by atoms with Gasteiger partial charge < -0.3 is 16.2 Å². The average molecular weight is 386 g/mol. The van der Waals surface area contributed by atoms with Crippen LogP contribution in [0.5, 0.6) is 0 Å². The highest BCUT2D eigenvalue weighted by Gasteiger charge is 2.22. The van der Waals surface area contributed by atoms with Crippen LogP contribution < -0.4 is 11.1 Å². The minimum absolute atomic E-state index is 0.106. The zero-order chi connectivity index (χ0) is 20.3. The molecule has 0 radical (unpaired) electrons. The Kier molecular flexibility index (Phi) is 6.17. The summed E-state index contributed by atoms with van der Waals surface area (Å²) in [5, 5.41) is 11.8. The molecule has 7 heteroatoms. The highest BCUT2D eigenvalue weighted by atomic mass is 32.1. The van der Waals surface area contributed by atoms with Gasteiger partial charge in [0.15, 0.2) is 0 Å². The van der Waals surface area contributed by atoms with Crippen molar-refractivity contribution < 1.29 is 19.5 Å². The molecule has 2 amide bonds. The van der Waals surface area contributed by atoms with Gasteiger partial charge in [-0.2, -0.15) is 0 Å². The van der Waals surface area contributed by atoms with Crippen molar-refractivity contribution >= 4 is 34.1 Å². The molecule has 0 saturated heterocycles. The normalized spacial score (nSPS) is 11.5. The van der Waals surface area contributed by atoms with Crippen LogP contribution in [0, 0.1) is 6.92 Å². The van der Waals surface area contributed by atoms with Gasteiger partial charge in [0, 0.05) is 22.1 Å². The number of carboxylic acids is 1. The van der Waals surface area contributed by atoms with Crippen molar-refractivity contribution in [3.8, 4) is 11.1 Å². The molecular formula is C20H22N2O4S. The summed E-state index contributed by atoms with van der Waals surface area (Å²) in [5.74, 6) is -2.08. The molecule has 6 nitrogen and oxygen atoms in total. The van der Waals surface area contributed by atoms with E-state index in [2.05, 4.69) is 19.2 Å². The molecule has 27 heavy (non-hydrogen) atoms. The molecule has 0 aliphatic rings. The van der Waals surface area contributed by atoms with Crippen LogP contribution in [0.15, 0.2) is 35.9 Å². The van der Waals surface area contributed by atoms with Gasteiger partial charge in [0.2, 0.25) is 5.91 Å². The van der Waals surface area contributed by atoms with Crippen LogP contribution in [0.3, 0.4) is 0 Å². The van der Waals surface area contributed by atoms with Crippen molar-refractivity contribution in [3.05, 3.63) is 51.9 Å². The molecule has 0 atom stereocenters. The fourth-order valence-corrected chi connectivity index (χ4v) is 3.74. The lowest BCUT2D eigenvalue weighted by Crippen LogP contribution is -2.16. The number of rotatable bonds is 6. The van der Waals surface area contributed by atoms with Crippen LogP contribution in [0.2, 0.25) is 0 Å². The number of benzene rings is 1. The average Bonchev–Trinajstić information content (AvgIpc) is 2.90. The Morgan fingerprint density at radius 3 is 2.26 bits per heavy atom. The molecule has 1 heterocycles. The highest BCUT2D eigenvalue weighted by molar-refractivity contribution is 7.17. The van der Waals surface area contributed by atoms with Gasteiger partial charge in [-0.05, 0) is 30.9 Å². The van der Waals surface area contributed by atoms with E-state index < -0.39 is 17.8 Å². The highest BCUT2D eigenvalue weighted by Crippen LogP contribution is 2.40. The van der Waals surface area contributed by atoms with Crippen LogP contribution in [0.4, 0.5) is 5.00 Å². The molecule has 0 fully saturated rings. The number of primary amides is 1. The Balaban J connectivity index is 2.46. The summed E-state index contributed by atoms with van der Waals surface area (Å²) in [4.78, 5) is 35.9. The SMILES string of the molecule is C/C(=C\C(=O)Nc1sc(C)c(-c2ccc(C(C)C)cc2)c1C(N)=O)C(=O)O. The van der Waals surface area contributed by atoms with Gasteiger partial charge in [-0.3, -0.25) is 9.59 Å². The molecule has 1 aromatic carbocycles. The number of aryl methyl sites for hydroxylation is 1. The number of aliphatic carboxylic acids is 1. The molecule has 0 spiro atoms. The fraction of sp³-hybridized carbons (Fsp3) is 0.250. The van der Waals surface area contributed by atoms with Crippen LogP contribution >= 0.6 is 11.3 Å². The Bertz CT molecular complexity index is 924. The first-order chi connectivity index (χ1) is 12.6. The number of anilines is 1. The first kappa shape index (κ1) is 20.4. The van der Waals surface area contributed by atoms with Crippen LogP contribution in [-0.4, -0.2) is 22.9 Å². The topological polar surface area (TPSA) is 109 Å². The molecule has 4 N–H and O–H groups in total. The second kappa shape index (κ2) is 8.18. The molecule has 0 unspecified atom stereocenters. The summed E-state index contributed by atoms with van der Waals surface area (Å²) in [6.45, 7) is 7.36. The molecular weight excluding hydrogens is 364 g/mol. The van der Waals surface area contributed by atoms with E-state index in [0.717, 1.165) is 16.5 Å². The maximum Gasteiger partial charge on any atom is 0.331 e. The minimum Gasteiger partial charge on any atom is -0.478 e. The lowest BCUT2D eigenvalue weighted by molar-refractivity contribution is -0.132. The number of nitrogens with two attached hydrogens (primary N) is 1. The first-order valence-corrected chi connectivity index (χ1v) is 9.19. The van der Waals surface area contributed by atoms with Crippen LogP contribution in [0.25, 0.3) is 11.1 Å². The van der Waals surface area contributed by atoms with Gasteiger partial charge in [0.05, 0.1) is 5.56 Å². The lowest BCUT2D eigenvalue weighted by atomic mass is 9.96. The maximum atomic E-state index is 12.1. The van der Waals surface area contributed by atoms with Gasteiger partial charge in [-0.1, -0.05) is 38.1 Å². The summed E-state index contributed by atoms with van der Waals surface area (Å²) in [7, 11) is 0. The van der Waals surface area contributed by atoms with Crippen molar-refractivity contribution in [1.82, 2.24) is 0 Å². The van der Waals surface area contributed by atoms with Gasteiger partial charge >= 0.3 is 5.97 Å². The quantitative estimate of drug-likeness (QED) is 0.654. The van der Waals surface area contributed by atoms with Crippen LogP contribution in [-0.2, 0) is 9.59 Å². The van der Waals surface area contributed by atoms with Crippen molar-refractivity contribution in [2.75, 3.05) is 5.32 Å². The van der Waals surface area contributed by atoms with E-state index in [9.17, 15) is 14.4 Å². The maximum absolute atomic E-state index is 12.1. The molecule has 0 aliphatic heterocycles. The number of hydrogen-bond donors (Lipinski definition) is 3. The van der Waals surface area contributed by atoms with Gasteiger partial charge in [-0.15, -0.1) is 11.3 Å². The van der Waals surface area contributed by atoms with Gasteiger partial charge in [0.25, 0.3) is 5.91 Å². The number of amides is 2. The fourth-order valence-electron chi connectivity index (χ4n) is 2.66. The van der Waals surface area contributed by atoms with Crippen molar-refractivity contribution in [1.29, 1.82) is 0 Å². The molecule has 1 aromatic heterocycles. The Morgan fingerprint density at radius 1 is 1.19 bits per heavy atom. The molecule has 142 valence electrons. The number of carboxylic acid groups (broad SMARTS) is 1. The van der Waals surface area contributed by atoms with E-state index in [1.54, 1.807) is 0 Å². The number of thiophene rings is 1. The summed E-state index contributed by atoms with van der Waals surface area (Å²) < 4.78 is 0. The van der Waals surface area contributed by atoms with Gasteiger partial charge in [-0.25, -0.2) is 4.79 Å².